The molecule has 0 unspecified atom stereocenters. The maximum absolute atomic E-state index is 9.09. The summed E-state index contributed by atoms with van der Waals surface area (Å²) in [5.41, 5.74) is 6.83. The van der Waals surface area contributed by atoms with E-state index in [2.05, 4.69) is 40.2 Å². The van der Waals surface area contributed by atoms with Crippen LogP contribution in [0.15, 0.2) is 55.2 Å². The molecule has 0 spiro atoms. The van der Waals surface area contributed by atoms with Gasteiger partial charge in [-0.05, 0) is 29.8 Å². The number of imidazole rings is 2. The summed E-state index contributed by atoms with van der Waals surface area (Å²) in [5.74, 6) is 0.115. The lowest BCUT2D eigenvalue weighted by Crippen LogP contribution is -2.04. The number of hydrogen-bond acceptors (Lipinski definition) is 5. The van der Waals surface area contributed by atoms with E-state index in [0.29, 0.717) is 6.54 Å². The zero-order chi connectivity index (χ0) is 20.0. The van der Waals surface area contributed by atoms with Crippen LogP contribution < -0.4 is 0 Å². The van der Waals surface area contributed by atoms with Crippen LogP contribution in [0.25, 0.3) is 27.9 Å². The van der Waals surface area contributed by atoms with Gasteiger partial charge in [-0.3, -0.25) is 4.68 Å². The van der Waals surface area contributed by atoms with Crippen LogP contribution in [0.3, 0.4) is 0 Å². The van der Waals surface area contributed by atoms with E-state index in [4.69, 9.17) is 10.2 Å². The summed E-state index contributed by atoms with van der Waals surface area (Å²) in [5, 5.41) is 18.2. The highest BCUT2D eigenvalue weighted by molar-refractivity contribution is 5.76. The fourth-order valence-electron chi connectivity index (χ4n) is 3.64. The Bertz CT molecular complexity index is 1310. The van der Waals surface area contributed by atoms with Gasteiger partial charge in [0.1, 0.15) is 0 Å². The van der Waals surface area contributed by atoms with Gasteiger partial charge >= 0.3 is 0 Å². The summed E-state index contributed by atoms with van der Waals surface area (Å²) in [6.45, 7) is 2.68. The van der Waals surface area contributed by atoms with Crippen LogP contribution in [0, 0.1) is 0 Å². The van der Waals surface area contributed by atoms with Crippen LogP contribution in [0.2, 0.25) is 0 Å². The van der Waals surface area contributed by atoms with Crippen molar-refractivity contribution in [2.45, 2.75) is 19.4 Å². The second-order valence-electron chi connectivity index (χ2n) is 7.21. The zero-order valence-electron chi connectivity index (χ0n) is 16.3. The third-order valence-electron chi connectivity index (χ3n) is 5.34. The molecule has 0 aliphatic rings. The molecule has 4 aromatic heterocycles. The summed E-state index contributed by atoms with van der Waals surface area (Å²) in [6, 6.07) is 10.3. The van der Waals surface area contributed by atoms with Gasteiger partial charge in [0.05, 0.1) is 54.3 Å². The van der Waals surface area contributed by atoms with E-state index in [0.717, 1.165) is 33.6 Å². The lowest BCUT2D eigenvalue weighted by Gasteiger charge is -2.12. The molecule has 0 aliphatic carbocycles. The summed E-state index contributed by atoms with van der Waals surface area (Å²) < 4.78 is 5.64. The second-order valence-corrected chi connectivity index (χ2v) is 7.21. The van der Waals surface area contributed by atoms with E-state index in [1.165, 1.54) is 5.56 Å². The van der Waals surface area contributed by atoms with Crippen LogP contribution in [0.4, 0.5) is 0 Å². The maximum Gasteiger partial charge on any atom is 0.153 e. The highest BCUT2D eigenvalue weighted by Gasteiger charge is 2.17. The standard InChI is InChI=1S/C21H21N7O/c1-14(15-3-4-18-19(9-15)26(2)13-23-18)20-11-22-21-6-5-17(25-28(20)21)16-10-24-27(12-16)7-8-29/h3-6,9-14,29H,7-8H2,1-2H3/t14-/m0/s1. The first kappa shape index (κ1) is 17.6. The first-order valence-electron chi connectivity index (χ1n) is 9.53. The molecule has 29 heavy (non-hydrogen) atoms. The Balaban J connectivity index is 1.55. The smallest absolute Gasteiger partial charge is 0.153 e. The van der Waals surface area contributed by atoms with Gasteiger partial charge in [-0.15, -0.1) is 0 Å². The minimum absolute atomic E-state index is 0.0533. The molecule has 5 rings (SSSR count). The minimum atomic E-state index is 0.0533. The Hall–Kier alpha value is -3.52. The van der Waals surface area contributed by atoms with Gasteiger partial charge < -0.3 is 9.67 Å². The van der Waals surface area contributed by atoms with E-state index >= 15 is 0 Å². The quantitative estimate of drug-likeness (QED) is 0.501. The topological polar surface area (TPSA) is 86.1 Å². The van der Waals surface area contributed by atoms with Gasteiger partial charge in [-0.1, -0.05) is 13.0 Å². The van der Waals surface area contributed by atoms with Crippen LogP contribution in [0.1, 0.15) is 24.1 Å². The van der Waals surface area contributed by atoms with Crippen molar-refractivity contribution in [3.05, 3.63) is 66.5 Å². The van der Waals surface area contributed by atoms with Gasteiger partial charge in [-0.25, -0.2) is 14.5 Å². The lowest BCUT2D eigenvalue weighted by molar-refractivity contribution is 0.269. The average Bonchev–Trinajstić information content (AvgIpc) is 3.46. The Morgan fingerprint density at radius 2 is 2.00 bits per heavy atom. The summed E-state index contributed by atoms with van der Waals surface area (Å²) in [6.07, 6.45) is 7.37. The summed E-state index contributed by atoms with van der Waals surface area (Å²) in [7, 11) is 2.00. The molecule has 0 amide bonds. The van der Waals surface area contributed by atoms with Gasteiger partial charge in [0.15, 0.2) is 5.65 Å². The van der Waals surface area contributed by atoms with Crippen molar-refractivity contribution in [1.29, 1.82) is 0 Å². The molecule has 1 aromatic carbocycles. The van der Waals surface area contributed by atoms with Crippen molar-refractivity contribution in [3.63, 3.8) is 0 Å². The Kier molecular flexibility index (Phi) is 4.13. The van der Waals surface area contributed by atoms with Crippen LogP contribution in [-0.2, 0) is 13.6 Å². The number of aromatic nitrogens is 7. The third-order valence-corrected chi connectivity index (χ3v) is 5.34. The SMILES string of the molecule is C[C@@H](c1ccc2ncn(C)c2c1)c1cnc2ccc(-c3cnn(CCO)c3)nn12. The normalized spacial score (nSPS) is 12.8. The second kappa shape index (κ2) is 6.82. The number of aliphatic hydroxyl groups is 1. The Labute approximate surface area is 167 Å². The van der Waals surface area contributed by atoms with E-state index < -0.39 is 0 Å². The van der Waals surface area contributed by atoms with Crippen molar-refractivity contribution < 1.29 is 5.11 Å². The Morgan fingerprint density at radius 1 is 1.10 bits per heavy atom. The fourth-order valence-corrected chi connectivity index (χ4v) is 3.64. The molecule has 1 atom stereocenters. The molecule has 8 nitrogen and oxygen atoms in total. The molecule has 146 valence electrons. The number of aryl methyl sites for hydroxylation is 1. The molecule has 0 fully saturated rings. The first-order chi connectivity index (χ1) is 14.1. The highest BCUT2D eigenvalue weighted by atomic mass is 16.3. The zero-order valence-corrected chi connectivity index (χ0v) is 16.3. The van der Waals surface area contributed by atoms with Crippen LogP contribution in [0.5, 0.6) is 0 Å². The van der Waals surface area contributed by atoms with E-state index in [1.54, 1.807) is 10.9 Å². The van der Waals surface area contributed by atoms with Crippen molar-refractivity contribution in [2.75, 3.05) is 6.61 Å². The molecule has 0 aliphatic heterocycles. The Morgan fingerprint density at radius 3 is 2.86 bits per heavy atom. The number of nitrogens with zero attached hydrogens (tertiary/aromatic N) is 7. The lowest BCUT2D eigenvalue weighted by atomic mass is 9.98. The maximum atomic E-state index is 9.09. The number of benzene rings is 1. The molecule has 0 saturated carbocycles. The minimum Gasteiger partial charge on any atom is -0.394 e. The summed E-state index contributed by atoms with van der Waals surface area (Å²) >= 11 is 0. The molecule has 1 N–H and O–H groups in total. The number of hydrogen-bond donors (Lipinski definition) is 1. The van der Waals surface area contributed by atoms with E-state index in [1.807, 2.05) is 47.0 Å². The van der Waals surface area contributed by atoms with Crippen molar-refractivity contribution in [2.24, 2.45) is 7.05 Å². The van der Waals surface area contributed by atoms with Gasteiger partial charge in [-0.2, -0.15) is 10.2 Å². The fraction of sp³-hybridized carbons (Fsp3) is 0.238. The third kappa shape index (κ3) is 2.98. The molecule has 0 bridgehead atoms. The molecule has 5 aromatic rings. The average molecular weight is 387 g/mol. The number of fused-ring (bicyclic) bond motifs is 2. The predicted molar refractivity (Wildman–Crippen MR) is 110 cm³/mol. The predicted octanol–water partition coefficient (Wildman–Crippen LogP) is 2.62. The molecular formula is C21H21N7O. The molecule has 0 saturated heterocycles. The number of rotatable bonds is 5. The number of aliphatic hydroxyl groups excluding tert-OH is 1. The molecule has 4 heterocycles. The monoisotopic (exact) mass is 387 g/mol. The van der Waals surface area contributed by atoms with Gasteiger partial charge in [0, 0.05) is 24.7 Å². The first-order valence-corrected chi connectivity index (χ1v) is 9.53. The van der Waals surface area contributed by atoms with Crippen LogP contribution >= 0.6 is 0 Å². The summed E-state index contributed by atoms with van der Waals surface area (Å²) in [4.78, 5) is 8.93. The largest absolute Gasteiger partial charge is 0.394 e. The van der Waals surface area contributed by atoms with Crippen LogP contribution in [-0.4, -0.2) is 45.6 Å². The highest BCUT2D eigenvalue weighted by Crippen LogP contribution is 2.28. The van der Waals surface area contributed by atoms with Gasteiger partial charge in [0.25, 0.3) is 0 Å². The van der Waals surface area contributed by atoms with Crippen molar-refractivity contribution in [1.82, 2.24) is 33.9 Å². The van der Waals surface area contributed by atoms with E-state index in [-0.39, 0.29) is 12.5 Å². The molecule has 8 heteroatoms. The van der Waals surface area contributed by atoms with Crippen molar-refractivity contribution >= 4 is 16.7 Å². The van der Waals surface area contributed by atoms with Crippen molar-refractivity contribution in [3.8, 4) is 11.3 Å². The van der Waals surface area contributed by atoms with Gasteiger partial charge in [0.2, 0.25) is 0 Å². The van der Waals surface area contributed by atoms with E-state index in [9.17, 15) is 0 Å². The molecular weight excluding hydrogens is 366 g/mol. The molecule has 0 radical (unpaired) electrons.